The molecule has 0 unspecified atom stereocenters. The van der Waals surface area contributed by atoms with Gasteiger partial charge >= 0.3 is 45.5 Å². The maximum Gasteiger partial charge on any atom is 2.00 e. The summed E-state index contributed by atoms with van der Waals surface area (Å²) >= 11 is 0. The summed E-state index contributed by atoms with van der Waals surface area (Å²) in [5.74, 6) is 0. The summed E-state index contributed by atoms with van der Waals surface area (Å²) in [4.78, 5) is 0. The van der Waals surface area contributed by atoms with Gasteiger partial charge in [-0.3, -0.25) is 0 Å². The summed E-state index contributed by atoms with van der Waals surface area (Å²) in [5.41, 5.74) is 0. The summed E-state index contributed by atoms with van der Waals surface area (Å²) in [7, 11) is 0. The van der Waals surface area contributed by atoms with Gasteiger partial charge in [-0.05, 0) is 0 Å². The largest absolute Gasteiger partial charge is 2.00 e. The fourth-order valence-corrected chi connectivity index (χ4v) is 0. The molecule has 0 fully saturated rings. The molecule has 0 aliphatic rings. The Bertz CT molecular complexity index is 13.5. The van der Waals surface area contributed by atoms with Crippen LogP contribution in [0.5, 0.6) is 0 Å². The van der Waals surface area contributed by atoms with Crippen molar-refractivity contribution in [3.05, 3.63) is 0 Å². The Morgan fingerprint density at radius 3 is 1.25 bits per heavy atom. The fourth-order valence-electron chi connectivity index (χ4n) is 0. The van der Waals surface area contributed by atoms with Crippen molar-refractivity contribution in [3.8, 4) is 0 Å². The topological polar surface area (TPSA) is 0 Å². The molecular formula is H2IrSrTaTi. The molecule has 0 bridgehead atoms. The Hall–Kier alpha value is 3.58. The van der Waals surface area contributed by atoms with Gasteiger partial charge < -0.3 is 2.85 Å². The van der Waals surface area contributed by atoms with Crippen molar-refractivity contribution in [3.63, 3.8) is 0 Å². The molecule has 0 aliphatic heterocycles. The van der Waals surface area contributed by atoms with Crippen molar-refractivity contribution in [1.29, 1.82) is 0 Å². The predicted molar refractivity (Wildman–Crippen MR) is 7.98 cm³/mol. The average molecular weight is 511 g/mol. The van der Waals surface area contributed by atoms with Crippen LogP contribution in [-0.2, 0) is 64.2 Å². The van der Waals surface area contributed by atoms with Crippen LogP contribution in [-0.4, -0.2) is 45.5 Å². The summed E-state index contributed by atoms with van der Waals surface area (Å²) in [6.07, 6.45) is 0. The van der Waals surface area contributed by atoms with Crippen LogP contribution in [0.15, 0.2) is 0 Å². The van der Waals surface area contributed by atoms with Gasteiger partial charge in [0.15, 0.2) is 0 Å². The standard InChI is InChI=1S/Ir.Sr.Ta.Ti.2H/q;+2;;;2*-1. The van der Waals surface area contributed by atoms with Gasteiger partial charge in [-0.2, -0.15) is 0 Å². The van der Waals surface area contributed by atoms with E-state index in [2.05, 4.69) is 0 Å². The van der Waals surface area contributed by atoms with Crippen LogP contribution in [0.3, 0.4) is 0 Å². The normalized spacial score (nSPS) is 0. The quantitative estimate of drug-likeness (QED) is 0.398. The molecule has 0 N–H and O–H groups in total. The number of hydrogen-bond acceptors (Lipinski definition) is 0. The van der Waals surface area contributed by atoms with Crippen molar-refractivity contribution < 1.29 is 67.1 Å². The molecule has 0 saturated heterocycles. The Balaban J connectivity index is 0. The van der Waals surface area contributed by atoms with Crippen molar-refractivity contribution in [2.75, 3.05) is 0 Å². The Morgan fingerprint density at radius 1 is 1.25 bits per heavy atom. The fraction of sp³-hybridized carbons (Fsp3) is 0. The third-order valence-electron chi connectivity index (χ3n) is 0. The van der Waals surface area contributed by atoms with Gasteiger partial charge in [0, 0.05) is 64.2 Å². The first-order valence-electron chi connectivity index (χ1n) is 0. The molecule has 0 spiro atoms. The van der Waals surface area contributed by atoms with Gasteiger partial charge in [0.2, 0.25) is 0 Å². The Labute approximate surface area is 110 Å². The number of hydrogen-bond donors (Lipinski definition) is 0. The molecule has 0 heterocycles. The van der Waals surface area contributed by atoms with E-state index >= 15 is 0 Å². The second-order valence-corrected chi connectivity index (χ2v) is 0. The third kappa shape index (κ3) is 9.14. The van der Waals surface area contributed by atoms with Crippen molar-refractivity contribution >= 4 is 45.5 Å². The van der Waals surface area contributed by atoms with Gasteiger partial charge in [-0.15, -0.1) is 0 Å². The molecule has 0 nitrogen and oxygen atoms in total. The summed E-state index contributed by atoms with van der Waals surface area (Å²) in [6.45, 7) is 0. The molecule has 0 atom stereocenters. The summed E-state index contributed by atoms with van der Waals surface area (Å²) in [5, 5.41) is 0. The van der Waals surface area contributed by atoms with Gasteiger partial charge in [-0.1, -0.05) is 0 Å². The minimum Gasteiger partial charge on any atom is -1.00 e. The van der Waals surface area contributed by atoms with Crippen LogP contribution >= 0.6 is 0 Å². The van der Waals surface area contributed by atoms with E-state index in [0.29, 0.717) is 0 Å². The maximum absolute atomic E-state index is 0. The van der Waals surface area contributed by atoms with Crippen LogP contribution in [0.25, 0.3) is 0 Å². The molecule has 4 heteroatoms. The molecule has 0 amide bonds. The summed E-state index contributed by atoms with van der Waals surface area (Å²) in [6, 6.07) is 0. The molecule has 0 rings (SSSR count). The van der Waals surface area contributed by atoms with Crippen LogP contribution in [0.2, 0.25) is 0 Å². The first kappa shape index (κ1) is 25.6. The molecule has 0 aromatic heterocycles. The second-order valence-electron chi connectivity index (χ2n) is 0. The van der Waals surface area contributed by atoms with Gasteiger partial charge in [-0.25, -0.2) is 0 Å². The van der Waals surface area contributed by atoms with Crippen LogP contribution < -0.4 is 0 Å². The first-order chi connectivity index (χ1) is 0. The first-order valence-corrected chi connectivity index (χ1v) is 0. The van der Waals surface area contributed by atoms with E-state index in [1.807, 2.05) is 0 Å². The molecular weight excluding hydrogens is 509 g/mol. The molecule has 0 aromatic carbocycles. The molecule has 4 heavy (non-hydrogen) atoms. The Morgan fingerprint density at radius 2 is 1.25 bits per heavy atom. The van der Waals surface area contributed by atoms with Crippen molar-refractivity contribution in [1.82, 2.24) is 0 Å². The average Bonchev–Trinajstić information content (AvgIpc) is 0. The van der Waals surface area contributed by atoms with Crippen molar-refractivity contribution in [2.24, 2.45) is 0 Å². The smallest absolute Gasteiger partial charge is 1.00 e. The predicted octanol–water partition coefficient (Wildman–Crippen LogP) is -0.163. The molecule has 0 aliphatic carbocycles. The zero-order valence-electron chi connectivity index (χ0n) is 3.99. The Kier molecular flexibility index (Phi) is 102. The van der Waals surface area contributed by atoms with Crippen LogP contribution in [0.1, 0.15) is 2.85 Å². The monoisotopic (exact) mass is 512 g/mol. The minimum atomic E-state index is 0. The maximum atomic E-state index is 0. The molecule has 0 saturated carbocycles. The van der Waals surface area contributed by atoms with Gasteiger partial charge in [0.25, 0.3) is 0 Å². The van der Waals surface area contributed by atoms with E-state index in [1.165, 1.54) is 0 Å². The molecule has 22 valence electrons. The molecule has 0 aromatic rings. The van der Waals surface area contributed by atoms with E-state index in [1.54, 1.807) is 0 Å². The van der Waals surface area contributed by atoms with E-state index < -0.39 is 0 Å². The van der Waals surface area contributed by atoms with E-state index in [9.17, 15) is 0 Å². The molecule has 2 radical (unpaired) electrons. The second kappa shape index (κ2) is 16.0. The van der Waals surface area contributed by atoms with Gasteiger partial charge in [0.1, 0.15) is 0 Å². The number of rotatable bonds is 0. The van der Waals surface area contributed by atoms with Crippen LogP contribution in [0, 0.1) is 0 Å². The SMILES string of the molecule is [H-].[H-].[Ir].[Sr+2].[Ta].[Ti]. The van der Waals surface area contributed by atoms with Gasteiger partial charge in [0.05, 0.1) is 0 Å². The van der Waals surface area contributed by atoms with Crippen LogP contribution in [0.4, 0.5) is 0 Å². The van der Waals surface area contributed by atoms with Crippen molar-refractivity contribution in [2.45, 2.75) is 0 Å². The zero-order chi connectivity index (χ0) is 0. The van der Waals surface area contributed by atoms with E-state index in [0.717, 1.165) is 0 Å². The summed E-state index contributed by atoms with van der Waals surface area (Å²) < 4.78 is 0. The third-order valence-corrected chi connectivity index (χ3v) is 0. The van der Waals surface area contributed by atoms with E-state index in [4.69, 9.17) is 0 Å². The van der Waals surface area contributed by atoms with E-state index in [-0.39, 0.29) is 113 Å². The minimum absolute atomic E-state index is 0. The zero-order valence-corrected chi connectivity index (χ0v) is 12.6.